The Morgan fingerprint density at radius 1 is 1.15 bits per heavy atom. The summed E-state index contributed by atoms with van der Waals surface area (Å²) in [6.45, 7) is 5.03. The average Bonchev–Trinajstić information content (AvgIpc) is 3.14. The molecule has 0 bridgehead atoms. The van der Waals surface area contributed by atoms with E-state index < -0.39 is 6.10 Å². The molecule has 3 heterocycles. The Hall–Kier alpha value is -1.96. The Bertz CT molecular complexity index is 710. The molecule has 0 saturated carbocycles. The summed E-state index contributed by atoms with van der Waals surface area (Å²) >= 11 is 0. The average molecular weight is 373 g/mol. The highest BCUT2D eigenvalue weighted by Crippen LogP contribution is 2.22. The second-order valence-electron chi connectivity index (χ2n) is 7.58. The van der Waals surface area contributed by atoms with Gasteiger partial charge in [0.1, 0.15) is 0 Å². The van der Waals surface area contributed by atoms with Gasteiger partial charge in [-0.15, -0.1) is 0 Å². The van der Waals surface area contributed by atoms with Crippen LogP contribution in [0.5, 0.6) is 0 Å². The van der Waals surface area contributed by atoms with Crippen LogP contribution in [0, 0.1) is 0 Å². The molecule has 27 heavy (non-hydrogen) atoms. The molecule has 0 unspecified atom stereocenters. The molecule has 3 aliphatic heterocycles. The summed E-state index contributed by atoms with van der Waals surface area (Å²) in [5.74, 6) is 0.125. The van der Waals surface area contributed by atoms with Crippen molar-refractivity contribution in [3.63, 3.8) is 0 Å². The van der Waals surface area contributed by atoms with Gasteiger partial charge >= 0.3 is 0 Å². The van der Waals surface area contributed by atoms with Gasteiger partial charge in [-0.3, -0.25) is 14.5 Å². The van der Waals surface area contributed by atoms with Crippen LogP contribution in [-0.2, 0) is 16.1 Å². The van der Waals surface area contributed by atoms with Gasteiger partial charge in [0.25, 0.3) is 5.91 Å². The van der Waals surface area contributed by atoms with Crippen LogP contribution in [0.15, 0.2) is 24.3 Å². The quantitative estimate of drug-likeness (QED) is 0.823. The Morgan fingerprint density at radius 2 is 2.00 bits per heavy atom. The molecule has 0 spiro atoms. The first-order valence-corrected chi connectivity index (χ1v) is 9.78. The molecule has 2 amide bonds. The van der Waals surface area contributed by atoms with Crippen molar-refractivity contribution >= 4 is 11.8 Å². The maximum Gasteiger partial charge on any atom is 0.254 e. The number of carbonyl (C=O) groups excluding carboxylic acids is 2. The van der Waals surface area contributed by atoms with Crippen molar-refractivity contribution in [3.8, 4) is 0 Å². The van der Waals surface area contributed by atoms with E-state index in [-0.39, 0.29) is 17.9 Å². The minimum absolute atomic E-state index is 0.0238. The summed E-state index contributed by atoms with van der Waals surface area (Å²) < 4.78 is 5.36. The Kier molecular flexibility index (Phi) is 5.43. The van der Waals surface area contributed by atoms with Crippen molar-refractivity contribution in [3.05, 3.63) is 35.4 Å². The summed E-state index contributed by atoms with van der Waals surface area (Å²) in [6, 6.07) is 7.68. The van der Waals surface area contributed by atoms with Gasteiger partial charge in [0.2, 0.25) is 5.91 Å². The molecule has 1 aromatic rings. The van der Waals surface area contributed by atoms with E-state index in [0.717, 1.165) is 37.2 Å². The summed E-state index contributed by atoms with van der Waals surface area (Å²) in [5.41, 5.74) is 1.80. The number of hydrogen-bond acceptors (Lipinski definition) is 5. The van der Waals surface area contributed by atoms with Gasteiger partial charge in [-0.25, -0.2) is 0 Å². The van der Waals surface area contributed by atoms with E-state index in [1.807, 2.05) is 29.2 Å². The molecular formula is C20H27N3O4. The maximum atomic E-state index is 12.7. The van der Waals surface area contributed by atoms with Crippen LogP contribution in [0.2, 0.25) is 0 Å². The third-order valence-corrected chi connectivity index (χ3v) is 5.87. The normalized spacial score (nSPS) is 26.3. The number of aliphatic hydroxyl groups excluding tert-OH is 1. The van der Waals surface area contributed by atoms with Crippen molar-refractivity contribution < 1.29 is 19.4 Å². The number of hydrogen-bond donors (Lipinski definition) is 1. The molecule has 2 saturated heterocycles. The maximum absolute atomic E-state index is 12.7. The fourth-order valence-electron chi connectivity index (χ4n) is 4.28. The Balaban J connectivity index is 1.27. The van der Waals surface area contributed by atoms with Gasteiger partial charge in [-0.05, 0) is 18.1 Å². The summed E-state index contributed by atoms with van der Waals surface area (Å²) in [6.07, 6.45) is 0.813. The molecule has 0 aliphatic carbocycles. The van der Waals surface area contributed by atoms with Gasteiger partial charge in [-0.1, -0.05) is 18.2 Å². The molecule has 0 aromatic heterocycles. The lowest BCUT2D eigenvalue weighted by molar-refractivity contribution is -0.131. The van der Waals surface area contributed by atoms with Crippen molar-refractivity contribution in [2.45, 2.75) is 31.5 Å². The standard InChI is InChI=1S/C20H27N3O4/c24-18-14-27-13-17(18)21-7-3-8-22(11-10-21)19(25)6-9-23-12-15-4-1-2-5-16(15)20(23)26/h1-2,4-5,17-18,24H,3,6-14H2/t17-,18-/m1/s1. The van der Waals surface area contributed by atoms with Gasteiger partial charge in [-0.2, -0.15) is 0 Å². The smallest absolute Gasteiger partial charge is 0.254 e. The fourth-order valence-corrected chi connectivity index (χ4v) is 4.28. The summed E-state index contributed by atoms with van der Waals surface area (Å²) in [5, 5.41) is 10.0. The van der Waals surface area contributed by atoms with E-state index in [1.165, 1.54) is 0 Å². The van der Waals surface area contributed by atoms with Crippen LogP contribution in [0.3, 0.4) is 0 Å². The third kappa shape index (κ3) is 3.85. The molecule has 3 aliphatic rings. The van der Waals surface area contributed by atoms with Crippen LogP contribution >= 0.6 is 0 Å². The van der Waals surface area contributed by atoms with Crippen LogP contribution in [0.4, 0.5) is 0 Å². The molecule has 146 valence electrons. The number of amides is 2. The predicted molar refractivity (Wildman–Crippen MR) is 99.2 cm³/mol. The molecule has 7 heteroatoms. The van der Waals surface area contributed by atoms with Crippen molar-refractivity contribution in [2.75, 3.05) is 45.9 Å². The molecule has 2 atom stereocenters. The number of aliphatic hydroxyl groups is 1. The molecule has 2 fully saturated rings. The van der Waals surface area contributed by atoms with E-state index in [0.29, 0.717) is 39.3 Å². The van der Waals surface area contributed by atoms with Gasteiger partial charge < -0.3 is 19.6 Å². The minimum atomic E-state index is -0.435. The molecule has 1 N–H and O–H groups in total. The van der Waals surface area contributed by atoms with Crippen molar-refractivity contribution in [1.29, 1.82) is 0 Å². The number of rotatable bonds is 4. The van der Waals surface area contributed by atoms with Crippen LogP contribution in [-0.4, -0.2) is 89.7 Å². The van der Waals surface area contributed by atoms with E-state index >= 15 is 0 Å². The number of carbonyl (C=O) groups is 2. The lowest BCUT2D eigenvalue weighted by Crippen LogP contribution is -2.45. The lowest BCUT2D eigenvalue weighted by atomic mass is 10.1. The Labute approximate surface area is 159 Å². The van der Waals surface area contributed by atoms with E-state index in [9.17, 15) is 14.7 Å². The SMILES string of the molecule is O=C(CCN1Cc2ccccc2C1=O)N1CCCN([C@@H]2COC[C@H]2O)CC1. The van der Waals surface area contributed by atoms with Crippen LogP contribution in [0.1, 0.15) is 28.8 Å². The monoisotopic (exact) mass is 373 g/mol. The first-order chi connectivity index (χ1) is 13.1. The summed E-state index contributed by atoms with van der Waals surface area (Å²) in [4.78, 5) is 31.0. The number of benzene rings is 1. The van der Waals surface area contributed by atoms with Crippen LogP contribution < -0.4 is 0 Å². The molecule has 7 nitrogen and oxygen atoms in total. The largest absolute Gasteiger partial charge is 0.389 e. The van der Waals surface area contributed by atoms with Crippen LogP contribution in [0.25, 0.3) is 0 Å². The highest BCUT2D eigenvalue weighted by atomic mass is 16.5. The van der Waals surface area contributed by atoms with Gasteiger partial charge in [0.15, 0.2) is 0 Å². The highest BCUT2D eigenvalue weighted by molar-refractivity contribution is 5.98. The zero-order valence-electron chi connectivity index (χ0n) is 15.5. The topological polar surface area (TPSA) is 73.3 Å². The number of ether oxygens (including phenoxy) is 1. The molecule has 1 aromatic carbocycles. The van der Waals surface area contributed by atoms with Gasteiger partial charge in [0.05, 0.1) is 25.4 Å². The number of nitrogens with zero attached hydrogens (tertiary/aromatic N) is 3. The number of fused-ring (bicyclic) bond motifs is 1. The Morgan fingerprint density at radius 3 is 2.78 bits per heavy atom. The first kappa shape index (κ1) is 18.4. The summed E-state index contributed by atoms with van der Waals surface area (Å²) in [7, 11) is 0. The highest BCUT2D eigenvalue weighted by Gasteiger charge is 2.33. The molecule has 4 rings (SSSR count). The van der Waals surface area contributed by atoms with Crippen molar-refractivity contribution in [1.82, 2.24) is 14.7 Å². The lowest BCUT2D eigenvalue weighted by Gasteiger charge is -2.28. The zero-order chi connectivity index (χ0) is 18.8. The molecule has 0 radical (unpaired) electrons. The zero-order valence-corrected chi connectivity index (χ0v) is 15.5. The first-order valence-electron chi connectivity index (χ1n) is 9.78. The minimum Gasteiger partial charge on any atom is -0.389 e. The van der Waals surface area contributed by atoms with Crippen molar-refractivity contribution in [2.24, 2.45) is 0 Å². The van der Waals surface area contributed by atoms with Gasteiger partial charge in [0, 0.05) is 51.3 Å². The second-order valence-corrected chi connectivity index (χ2v) is 7.58. The molecular weight excluding hydrogens is 346 g/mol. The second kappa shape index (κ2) is 7.96. The fraction of sp³-hybridized carbons (Fsp3) is 0.600. The van der Waals surface area contributed by atoms with E-state index in [1.54, 1.807) is 4.90 Å². The predicted octanol–water partition coefficient (Wildman–Crippen LogP) is 0.327. The third-order valence-electron chi connectivity index (χ3n) is 5.87. The van der Waals surface area contributed by atoms with E-state index in [2.05, 4.69) is 4.90 Å². The van der Waals surface area contributed by atoms with E-state index in [4.69, 9.17) is 4.74 Å².